The highest BCUT2D eigenvalue weighted by molar-refractivity contribution is 5.78. The zero-order valence-electron chi connectivity index (χ0n) is 9.78. The first-order valence-corrected chi connectivity index (χ1v) is 5.32. The minimum absolute atomic E-state index is 0.332. The number of hydrogen-bond donors (Lipinski definition) is 2. The van der Waals surface area contributed by atoms with Gasteiger partial charge in [-0.15, -0.1) is 0 Å². The third kappa shape index (κ3) is 1.88. The molecule has 2 atom stereocenters. The van der Waals surface area contributed by atoms with Gasteiger partial charge >= 0.3 is 5.97 Å². The lowest BCUT2D eigenvalue weighted by Crippen LogP contribution is -2.55. The smallest absolute Gasteiger partial charge is 0.336 e. The molecule has 1 fully saturated rings. The second-order valence-electron chi connectivity index (χ2n) is 5.08. The first kappa shape index (κ1) is 12.5. The van der Waals surface area contributed by atoms with Gasteiger partial charge in [-0.1, -0.05) is 13.8 Å². The SMILES string of the molecule is CC(C)C(O)(C(=O)O)C1CCOC1(C)C. The lowest BCUT2D eigenvalue weighted by Gasteiger charge is -2.39. The summed E-state index contributed by atoms with van der Waals surface area (Å²) in [5.74, 6) is -1.84. The van der Waals surface area contributed by atoms with E-state index in [0.717, 1.165) is 0 Å². The van der Waals surface area contributed by atoms with Crippen LogP contribution in [-0.2, 0) is 9.53 Å². The highest BCUT2D eigenvalue weighted by atomic mass is 16.5. The zero-order chi connectivity index (χ0) is 11.9. The molecule has 1 rings (SSSR count). The van der Waals surface area contributed by atoms with E-state index in [2.05, 4.69) is 0 Å². The monoisotopic (exact) mass is 216 g/mol. The largest absolute Gasteiger partial charge is 0.479 e. The van der Waals surface area contributed by atoms with Crippen LogP contribution < -0.4 is 0 Å². The summed E-state index contributed by atoms with van der Waals surface area (Å²) in [4.78, 5) is 11.2. The number of rotatable bonds is 3. The first-order chi connectivity index (χ1) is 6.73. The van der Waals surface area contributed by atoms with Gasteiger partial charge in [0.1, 0.15) is 0 Å². The van der Waals surface area contributed by atoms with Gasteiger partial charge in [-0.05, 0) is 26.2 Å². The van der Waals surface area contributed by atoms with Gasteiger partial charge in [-0.2, -0.15) is 0 Å². The molecule has 15 heavy (non-hydrogen) atoms. The molecular formula is C11H20O4. The molecule has 0 bridgehead atoms. The standard InChI is InChI=1S/C11H20O4/c1-7(2)11(14,9(12)13)8-5-6-15-10(8,3)4/h7-8,14H,5-6H2,1-4H3,(H,12,13). The normalized spacial score (nSPS) is 29.1. The van der Waals surface area contributed by atoms with Crippen molar-refractivity contribution in [2.24, 2.45) is 11.8 Å². The van der Waals surface area contributed by atoms with Crippen molar-refractivity contribution in [3.8, 4) is 0 Å². The fourth-order valence-corrected chi connectivity index (χ4v) is 2.44. The van der Waals surface area contributed by atoms with E-state index in [1.807, 2.05) is 13.8 Å². The van der Waals surface area contributed by atoms with Gasteiger partial charge in [-0.25, -0.2) is 4.79 Å². The van der Waals surface area contributed by atoms with Crippen molar-refractivity contribution in [2.45, 2.75) is 45.3 Å². The van der Waals surface area contributed by atoms with E-state index in [9.17, 15) is 15.0 Å². The molecule has 2 N–H and O–H groups in total. The maximum Gasteiger partial charge on any atom is 0.336 e. The molecule has 0 radical (unpaired) electrons. The summed E-state index contributed by atoms with van der Waals surface area (Å²) in [6.07, 6.45) is 0.591. The Hall–Kier alpha value is -0.610. The molecule has 0 aromatic rings. The first-order valence-electron chi connectivity index (χ1n) is 5.32. The van der Waals surface area contributed by atoms with Crippen LogP contribution in [0.2, 0.25) is 0 Å². The van der Waals surface area contributed by atoms with Crippen LogP contribution >= 0.6 is 0 Å². The summed E-state index contributed by atoms with van der Waals surface area (Å²) in [5.41, 5.74) is -2.27. The molecule has 1 heterocycles. The highest BCUT2D eigenvalue weighted by Crippen LogP contribution is 2.42. The van der Waals surface area contributed by atoms with Crippen molar-refractivity contribution in [3.63, 3.8) is 0 Å². The lowest BCUT2D eigenvalue weighted by molar-refractivity contribution is -0.180. The minimum Gasteiger partial charge on any atom is -0.479 e. The molecule has 0 aromatic heterocycles. The van der Waals surface area contributed by atoms with E-state index in [-0.39, 0.29) is 11.8 Å². The second kappa shape index (κ2) is 3.76. The highest BCUT2D eigenvalue weighted by Gasteiger charge is 2.55. The quantitative estimate of drug-likeness (QED) is 0.745. The maximum absolute atomic E-state index is 11.2. The maximum atomic E-state index is 11.2. The molecule has 4 nitrogen and oxygen atoms in total. The van der Waals surface area contributed by atoms with Crippen molar-refractivity contribution in [1.29, 1.82) is 0 Å². The molecule has 1 saturated heterocycles. The van der Waals surface area contributed by atoms with E-state index in [0.29, 0.717) is 13.0 Å². The number of carboxylic acids is 1. The fourth-order valence-electron chi connectivity index (χ4n) is 2.44. The Kier molecular flexibility index (Phi) is 3.12. The third-order valence-corrected chi connectivity index (χ3v) is 3.47. The van der Waals surface area contributed by atoms with Crippen LogP contribution in [0.15, 0.2) is 0 Å². The topological polar surface area (TPSA) is 66.8 Å². The van der Waals surface area contributed by atoms with Crippen LogP contribution in [0.1, 0.15) is 34.1 Å². The Labute approximate surface area is 90.2 Å². The van der Waals surface area contributed by atoms with Crippen LogP contribution in [0.25, 0.3) is 0 Å². The molecule has 0 aromatic carbocycles. The third-order valence-electron chi connectivity index (χ3n) is 3.47. The predicted molar refractivity (Wildman–Crippen MR) is 55.6 cm³/mol. The predicted octanol–water partition coefficient (Wildman–Crippen LogP) is 1.27. The Morgan fingerprint density at radius 1 is 1.53 bits per heavy atom. The van der Waals surface area contributed by atoms with Gasteiger partial charge in [0.15, 0.2) is 5.60 Å². The Morgan fingerprint density at radius 3 is 2.33 bits per heavy atom. The molecule has 0 spiro atoms. The molecule has 2 unspecified atom stereocenters. The summed E-state index contributed by atoms with van der Waals surface area (Å²) < 4.78 is 5.48. The number of ether oxygens (including phenoxy) is 1. The molecule has 0 aliphatic carbocycles. The molecule has 4 heteroatoms. The van der Waals surface area contributed by atoms with Gasteiger partial charge in [0.2, 0.25) is 0 Å². The Bertz CT molecular complexity index is 259. The second-order valence-corrected chi connectivity index (χ2v) is 5.08. The molecule has 0 saturated carbocycles. The van der Waals surface area contributed by atoms with Crippen LogP contribution in [0.5, 0.6) is 0 Å². The van der Waals surface area contributed by atoms with Crippen molar-refractivity contribution < 1.29 is 19.7 Å². The van der Waals surface area contributed by atoms with Gasteiger partial charge in [-0.3, -0.25) is 0 Å². The molecule has 1 aliphatic heterocycles. The number of carbonyl (C=O) groups is 1. The summed E-state index contributed by atoms with van der Waals surface area (Å²) in [6.45, 7) is 7.63. The molecule has 88 valence electrons. The number of carboxylic acid groups (broad SMARTS) is 1. The summed E-state index contributed by atoms with van der Waals surface area (Å²) >= 11 is 0. The average Bonchev–Trinajstić information content (AvgIpc) is 2.43. The Morgan fingerprint density at radius 2 is 2.07 bits per heavy atom. The van der Waals surface area contributed by atoms with E-state index >= 15 is 0 Å². The summed E-state index contributed by atoms with van der Waals surface area (Å²) in [5, 5.41) is 19.5. The van der Waals surface area contributed by atoms with E-state index in [4.69, 9.17) is 4.74 Å². The average molecular weight is 216 g/mol. The Balaban J connectivity index is 3.05. The van der Waals surface area contributed by atoms with Gasteiger partial charge in [0.25, 0.3) is 0 Å². The van der Waals surface area contributed by atoms with Gasteiger partial charge < -0.3 is 14.9 Å². The molecular weight excluding hydrogens is 196 g/mol. The van der Waals surface area contributed by atoms with Crippen LogP contribution in [0.4, 0.5) is 0 Å². The van der Waals surface area contributed by atoms with E-state index in [1.165, 1.54) is 0 Å². The van der Waals surface area contributed by atoms with Crippen molar-refractivity contribution >= 4 is 5.97 Å². The van der Waals surface area contributed by atoms with Crippen molar-refractivity contribution in [1.82, 2.24) is 0 Å². The zero-order valence-corrected chi connectivity index (χ0v) is 9.78. The molecule has 0 amide bonds. The number of aliphatic carboxylic acids is 1. The number of aliphatic hydroxyl groups is 1. The van der Waals surface area contributed by atoms with Gasteiger partial charge in [0.05, 0.1) is 5.60 Å². The molecule has 1 aliphatic rings. The minimum atomic E-state index is -1.69. The lowest BCUT2D eigenvalue weighted by atomic mass is 9.71. The van der Waals surface area contributed by atoms with Crippen molar-refractivity contribution in [2.75, 3.05) is 6.61 Å². The fraction of sp³-hybridized carbons (Fsp3) is 0.909. The van der Waals surface area contributed by atoms with Gasteiger partial charge in [0, 0.05) is 12.5 Å². The van der Waals surface area contributed by atoms with Crippen LogP contribution in [-0.4, -0.2) is 34.0 Å². The van der Waals surface area contributed by atoms with E-state index < -0.39 is 17.2 Å². The van der Waals surface area contributed by atoms with Crippen molar-refractivity contribution in [3.05, 3.63) is 0 Å². The number of hydrogen-bond acceptors (Lipinski definition) is 3. The summed E-state index contributed by atoms with van der Waals surface area (Å²) in [7, 11) is 0. The van der Waals surface area contributed by atoms with Crippen LogP contribution in [0, 0.1) is 11.8 Å². The van der Waals surface area contributed by atoms with E-state index in [1.54, 1.807) is 13.8 Å². The summed E-state index contributed by atoms with van der Waals surface area (Å²) in [6, 6.07) is 0. The van der Waals surface area contributed by atoms with Crippen LogP contribution in [0.3, 0.4) is 0 Å².